The van der Waals surface area contributed by atoms with E-state index >= 15 is 0 Å². The van der Waals surface area contributed by atoms with E-state index in [1.807, 2.05) is 0 Å². The van der Waals surface area contributed by atoms with Crippen LogP contribution in [0, 0.1) is 0 Å². The molecule has 0 radical (unpaired) electrons. The van der Waals surface area contributed by atoms with Crippen molar-refractivity contribution in [3.05, 3.63) is 81.3 Å². The second kappa shape index (κ2) is 6.32. The summed E-state index contributed by atoms with van der Waals surface area (Å²) in [5.41, 5.74) is 1.44. The molecular weight excluding hydrogens is 338 g/mol. The van der Waals surface area contributed by atoms with E-state index in [2.05, 4.69) is 4.98 Å². The highest BCUT2D eigenvalue weighted by Crippen LogP contribution is 2.11. The average molecular weight is 351 g/mol. The summed E-state index contributed by atoms with van der Waals surface area (Å²) in [7, 11) is 0. The van der Waals surface area contributed by atoms with Gasteiger partial charge in [-0.25, -0.2) is 9.78 Å². The van der Waals surface area contributed by atoms with Gasteiger partial charge in [-0.05, 0) is 24.3 Å². The van der Waals surface area contributed by atoms with Crippen LogP contribution in [0.4, 0.5) is 0 Å². The van der Waals surface area contributed by atoms with E-state index in [9.17, 15) is 14.4 Å². The van der Waals surface area contributed by atoms with Crippen molar-refractivity contribution in [2.45, 2.75) is 13.2 Å². The third kappa shape index (κ3) is 2.88. The number of ether oxygens (including phenoxy) is 1. The summed E-state index contributed by atoms with van der Waals surface area (Å²) in [4.78, 5) is 40.3. The number of esters is 1. The Bertz CT molecular complexity index is 1230. The zero-order valence-corrected chi connectivity index (χ0v) is 13.5. The smallest absolute Gasteiger partial charge is 0.420 e. The lowest BCUT2D eigenvalue weighted by molar-refractivity contribution is -0.145. The minimum Gasteiger partial charge on any atom is -0.458 e. The van der Waals surface area contributed by atoms with Crippen LogP contribution in [0.5, 0.6) is 0 Å². The van der Waals surface area contributed by atoms with Gasteiger partial charge < -0.3 is 9.15 Å². The minimum absolute atomic E-state index is 0.163. The summed E-state index contributed by atoms with van der Waals surface area (Å²) < 4.78 is 12.8. The molecule has 0 aliphatic heterocycles. The first kappa shape index (κ1) is 15.8. The van der Waals surface area contributed by atoms with Gasteiger partial charge in [-0.3, -0.25) is 18.6 Å². The molecular formula is C18H13N3O5. The molecule has 26 heavy (non-hydrogen) atoms. The van der Waals surface area contributed by atoms with Crippen LogP contribution in [-0.4, -0.2) is 19.9 Å². The molecule has 0 bridgehead atoms. The quantitative estimate of drug-likeness (QED) is 0.515. The number of pyridine rings is 1. The van der Waals surface area contributed by atoms with Crippen LogP contribution in [0.1, 0.15) is 5.69 Å². The maximum atomic E-state index is 12.1. The van der Waals surface area contributed by atoms with Crippen molar-refractivity contribution >= 4 is 22.7 Å². The van der Waals surface area contributed by atoms with E-state index in [0.29, 0.717) is 22.4 Å². The van der Waals surface area contributed by atoms with Crippen molar-refractivity contribution in [3.8, 4) is 0 Å². The Morgan fingerprint density at radius 2 is 1.92 bits per heavy atom. The highest BCUT2D eigenvalue weighted by atomic mass is 16.5. The molecule has 130 valence electrons. The molecule has 0 aliphatic carbocycles. The van der Waals surface area contributed by atoms with Crippen LogP contribution >= 0.6 is 0 Å². The Labute approximate surface area is 145 Å². The monoisotopic (exact) mass is 351 g/mol. The molecule has 0 unspecified atom stereocenters. The number of benzene rings is 1. The van der Waals surface area contributed by atoms with Crippen LogP contribution in [0.2, 0.25) is 0 Å². The van der Waals surface area contributed by atoms with Crippen molar-refractivity contribution in [1.29, 1.82) is 0 Å². The van der Waals surface area contributed by atoms with Gasteiger partial charge in [0.15, 0.2) is 5.58 Å². The second-order valence-corrected chi connectivity index (χ2v) is 5.60. The maximum Gasteiger partial charge on any atom is 0.420 e. The van der Waals surface area contributed by atoms with Crippen molar-refractivity contribution < 1.29 is 13.9 Å². The molecule has 0 fully saturated rings. The van der Waals surface area contributed by atoms with E-state index in [1.165, 1.54) is 15.0 Å². The van der Waals surface area contributed by atoms with Crippen LogP contribution in [-0.2, 0) is 22.7 Å². The van der Waals surface area contributed by atoms with Gasteiger partial charge in [0.2, 0.25) is 0 Å². The number of aromatic nitrogens is 3. The Morgan fingerprint density at radius 1 is 1.12 bits per heavy atom. The summed E-state index contributed by atoms with van der Waals surface area (Å²) in [6.07, 6.45) is 1.61. The van der Waals surface area contributed by atoms with Crippen molar-refractivity contribution in [3.63, 3.8) is 0 Å². The molecule has 4 aromatic rings. The number of nitrogens with zero attached hydrogens (tertiary/aromatic N) is 3. The van der Waals surface area contributed by atoms with Gasteiger partial charge >= 0.3 is 11.7 Å². The standard InChI is InChI=1S/C18H13N3O5/c22-16-9-12(19-15-7-3-4-8-20(15)16)11-25-17(23)10-21-13-5-1-2-6-14(13)26-18(21)24/h1-9H,10-11H2. The number of oxazole rings is 1. The van der Waals surface area contributed by atoms with Gasteiger partial charge in [-0.2, -0.15) is 0 Å². The van der Waals surface area contributed by atoms with Crippen LogP contribution in [0.25, 0.3) is 16.7 Å². The van der Waals surface area contributed by atoms with Gasteiger partial charge in [0.1, 0.15) is 18.8 Å². The van der Waals surface area contributed by atoms with E-state index < -0.39 is 11.7 Å². The number of rotatable bonds is 4. The molecule has 1 aromatic carbocycles. The first-order valence-electron chi connectivity index (χ1n) is 7.83. The second-order valence-electron chi connectivity index (χ2n) is 5.60. The van der Waals surface area contributed by atoms with Gasteiger partial charge in [0.05, 0.1) is 11.2 Å². The van der Waals surface area contributed by atoms with Gasteiger partial charge in [0.25, 0.3) is 5.56 Å². The molecule has 3 heterocycles. The molecule has 8 nitrogen and oxygen atoms in total. The van der Waals surface area contributed by atoms with Crippen molar-refractivity contribution in [2.75, 3.05) is 0 Å². The lowest BCUT2D eigenvalue weighted by Crippen LogP contribution is -2.22. The topological polar surface area (TPSA) is 95.8 Å². The Hall–Kier alpha value is -3.68. The molecule has 0 saturated carbocycles. The van der Waals surface area contributed by atoms with Gasteiger partial charge in [0, 0.05) is 12.3 Å². The summed E-state index contributed by atoms with van der Waals surface area (Å²) in [6, 6.07) is 13.3. The Balaban J connectivity index is 1.51. The first-order chi connectivity index (χ1) is 12.6. The fourth-order valence-electron chi connectivity index (χ4n) is 2.67. The van der Waals surface area contributed by atoms with Crippen LogP contribution < -0.4 is 11.3 Å². The molecule has 8 heteroatoms. The fourth-order valence-corrected chi connectivity index (χ4v) is 2.67. The van der Waals surface area contributed by atoms with Crippen LogP contribution in [0.15, 0.2) is 68.7 Å². The van der Waals surface area contributed by atoms with E-state index in [-0.39, 0.29) is 18.7 Å². The van der Waals surface area contributed by atoms with E-state index in [4.69, 9.17) is 9.15 Å². The minimum atomic E-state index is -0.634. The Kier molecular flexibility index (Phi) is 3.85. The lowest BCUT2D eigenvalue weighted by atomic mass is 10.3. The SMILES string of the molecule is O=C(Cn1c(=O)oc2ccccc21)OCc1cc(=O)n2ccccc2n1. The van der Waals surface area contributed by atoms with Gasteiger partial charge in [-0.1, -0.05) is 18.2 Å². The zero-order chi connectivity index (χ0) is 18.1. The van der Waals surface area contributed by atoms with Crippen molar-refractivity contribution in [1.82, 2.24) is 14.0 Å². The molecule has 3 aromatic heterocycles. The van der Waals surface area contributed by atoms with E-state index in [0.717, 1.165) is 0 Å². The normalized spacial score (nSPS) is 11.1. The molecule has 0 spiro atoms. The molecule has 0 aliphatic rings. The average Bonchev–Trinajstić information content (AvgIpc) is 2.96. The fraction of sp³-hybridized carbons (Fsp3) is 0.111. The number of carbonyl (C=O) groups is 1. The number of carbonyl (C=O) groups excluding carboxylic acids is 1. The number of hydrogen-bond acceptors (Lipinski definition) is 6. The Morgan fingerprint density at radius 3 is 2.81 bits per heavy atom. The molecule has 0 saturated heterocycles. The highest BCUT2D eigenvalue weighted by molar-refractivity contribution is 5.76. The summed E-state index contributed by atoms with van der Waals surface area (Å²) >= 11 is 0. The third-order valence-electron chi connectivity index (χ3n) is 3.87. The third-order valence-corrected chi connectivity index (χ3v) is 3.87. The van der Waals surface area contributed by atoms with Gasteiger partial charge in [-0.15, -0.1) is 0 Å². The number of para-hydroxylation sites is 2. The predicted octanol–water partition coefficient (Wildman–Crippen LogP) is 1.35. The summed E-state index contributed by atoms with van der Waals surface area (Å²) in [5.74, 6) is -1.26. The number of fused-ring (bicyclic) bond motifs is 2. The van der Waals surface area contributed by atoms with Crippen LogP contribution in [0.3, 0.4) is 0 Å². The largest absolute Gasteiger partial charge is 0.458 e. The highest BCUT2D eigenvalue weighted by Gasteiger charge is 2.13. The summed E-state index contributed by atoms with van der Waals surface area (Å²) in [6.45, 7) is -0.452. The molecule has 0 atom stereocenters. The lowest BCUT2D eigenvalue weighted by Gasteiger charge is -2.06. The zero-order valence-electron chi connectivity index (χ0n) is 13.5. The summed E-state index contributed by atoms with van der Waals surface area (Å²) in [5, 5.41) is 0. The predicted molar refractivity (Wildman–Crippen MR) is 91.7 cm³/mol. The number of hydrogen-bond donors (Lipinski definition) is 0. The first-order valence-corrected chi connectivity index (χ1v) is 7.83. The maximum absolute atomic E-state index is 12.1. The van der Waals surface area contributed by atoms with E-state index in [1.54, 1.807) is 48.7 Å². The molecule has 0 amide bonds. The van der Waals surface area contributed by atoms with Crippen molar-refractivity contribution in [2.24, 2.45) is 0 Å². The molecule has 0 N–H and O–H groups in total. The molecule has 4 rings (SSSR count).